The largest absolute Gasteiger partial charge is 0.353 e. The standard InChI is InChI=1S/C18H18F2N4S/c1-12-21-17(14-4-9-25-18(14)22-12)24-7-5-23(6-8-24)11-13-2-3-15(19)16(20)10-13/h2-4,9-10H,5-8,11H2,1H3. The first-order chi connectivity index (χ1) is 12.1. The molecule has 0 aliphatic carbocycles. The molecule has 4 rings (SSSR count). The highest BCUT2D eigenvalue weighted by molar-refractivity contribution is 7.16. The van der Waals surface area contributed by atoms with E-state index < -0.39 is 11.6 Å². The zero-order valence-corrected chi connectivity index (χ0v) is 14.7. The summed E-state index contributed by atoms with van der Waals surface area (Å²) in [6, 6.07) is 6.19. The van der Waals surface area contributed by atoms with Gasteiger partial charge in [0.25, 0.3) is 0 Å². The van der Waals surface area contributed by atoms with E-state index in [1.54, 1.807) is 17.4 Å². The number of benzene rings is 1. The monoisotopic (exact) mass is 360 g/mol. The van der Waals surface area contributed by atoms with Gasteiger partial charge in [-0.15, -0.1) is 11.3 Å². The van der Waals surface area contributed by atoms with E-state index in [0.29, 0.717) is 6.54 Å². The van der Waals surface area contributed by atoms with Crippen LogP contribution >= 0.6 is 11.3 Å². The smallest absolute Gasteiger partial charge is 0.159 e. The van der Waals surface area contributed by atoms with Gasteiger partial charge in [-0.05, 0) is 36.1 Å². The Labute approximate surface area is 148 Å². The van der Waals surface area contributed by atoms with Gasteiger partial charge >= 0.3 is 0 Å². The fourth-order valence-corrected chi connectivity index (χ4v) is 4.00. The lowest BCUT2D eigenvalue weighted by molar-refractivity contribution is 0.249. The summed E-state index contributed by atoms with van der Waals surface area (Å²) < 4.78 is 26.4. The van der Waals surface area contributed by atoms with Crippen LogP contribution in [0.25, 0.3) is 10.2 Å². The van der Waals surface area contributed by atoms with Crippen LogP contribution in [0.15, 0.2) is 29.6 Å². The minimum atomic E-state index is -0.799. The Bertz CT molecular complexity index is 903. The highest BCUT2D eigenvalue weighted by Crippen LogP contribution is 2.28. The van der Waals surface area contributed by atoms with Crippen molar-refractivity contribution in [2.75, 3.05) is 31.1 Å². The summed E-state index contributed by atoms with van der Waals surface area (Å²) in [5.41, 5.74) is 0.797. The highest BCUT2D eigenvalue weighted by Gasteiger charge is 2.21. The quantitative estimate of drug-likeness (QED) is 0.714. The molecule has 0 amide bonds. The Morgan fingerprint density at radius 2 is 1.84 bits per heavy atom. The molecule has 0 saturated carbocycles. The van der Waals surface area contributed by atoms with Crippen LogP contribution < -0.4 is 4.90 Å². The number of aromatic nitrogens is 2. The Hall–Kier alpha value is -2.12. The summed E-state index contributed by atoms with van der Waals surface area (Å²) in [5.74, 6) is 0.199. The Morgan fingerprint density at radius 1 is 1.04 bits per heavy atom. The van der Waals surface area contributed by atoms with Gasteiger partial charge in [-0.25, -0.2) is 18.7 Å². The zero-order chi connectivity index (χ0) is 17.4. The van der Waals surface area contributed by atoms with Crippen LogP contribution in [-0.2, 0) is 6.54 Å². The first-order valence-electron chi connectivity index (χ1n) is 8.23. The van der Waals surface area contributed by atoms with Gasteiger partial charge in [0.2, 0.25) is 0 Å². The van der Waals surface area contributed by atoms with E-state index >= 15 is 0 Å². The fourth-order valence-electron chi connectivity index (χ4n) is 3.20. The molecule has 0 atom stereocenters. The zero-order valence-electron chi connectivity index (χ0n) is 13.9. The topological polar surface area (TPSA) is 32.3 Å². The van der Waals surface area contributed by atoms with Crippen molar-refractivity contribution in [3.05, 3.63) is 52.7 Å². The number of hydrogen-bond donors (Lipinski definition) is 0. The van der Waals surface area contributed by atoms with E-state index in [4.69, 9.17) is 0 Å². The van der Waals surface area contributed by atoms with Crippen LogP contribution in [0.3, 0.4) is 0 Å². The number of hydrogen-bond acceptors (Lipinski definition) is 5. The first kappa shape index (κ1) is 16.4. The molecular weight excluding hydrogens is 342 g/mol. The van der Waals surface area contributed by atoms with Crippen LogP contribution in [-0.4, -0.2) is 41.0 Å². The molecule has 0 N–H and O–H groups in total. The summed E-state index contributed by atoms with van der Waals surface area (Å²) >= 11 is 1.63. The van der Waals surface area contributed by atoms with Gasteiger partial charge in [-0.1, -0.05) is 6.07 Å². The van der Waals surface area contributed by atoms with E-state index in [1.165, 1.54) is 12.1 Å². The van der Waals surface area contributed by atoms with E-state index in [0.717, 1.165) is 53.6 Å². The number of thiophene rings is 1. The molecule has 7 heteroatoms. The van der Waals surface area contributed by atoms with Crippen molar-refractivity contribution in [3.63, 3.8) is 0 Å². The third-order valence-corrected chi connectivity index (χ3v) is 5.29. The van der Waals surface area contributed by atoms with Crippen molar-refractivity contribution < 1.29 is 8.78 Å². The molecule has 0 unspecified atom stereocenters. The maximum absolute atomic E-state index is 13.4. The Morgan fingerprint density at radius 3 is 2.60 bits per heavy atom. The van der Waals surface area contributed by atoms with Crippen molar-refractivity contribution in [2.24, 2.45) is 0 Å². The van der Waals surface area contributed by atoms with Crippen molar-refractivity contribution >= 4 is 27.4 Å². The molecule has 2 aromatic heterocycles. The normalized spacial score (nSPS) is 15.9. The lowest BCUT2D eigenvalue weighted by atomic mass is 10.2. The van der Waals surface area contributed by atoms with Gasteiger partial charge in [0.1, 0.15) is 16.5 Å². The predicted octanol–water partition coefficient (Wildman–Crippen LogP) is 3.60. The maximum atomic E-state index is 13.4. The number of aryl methyl sites for hydroxylation is 1. The van der Waals surface area contributed by atoms with E-state index in [1.807, 2.05) is 12.3 Å². The van der Waals surface area contributed by atoms with Crippen LogP contribution in [0.5, 0.6) is 0 Å². The molecule has 0 bridgehead atoms. The van der Waals surface area contributed by atoms with E-state index in [9.17, 15) is 8.78 Å². The van der Waals surface area contributed by atoms with Gasteiger partial charge in [0.15, 0.2) is 11.6 Å². The number of anilines is 1. The van der Waals surface area contributed by atoms with Crippen molar-refractivity contribution in [3.8, 4) is 0 Å². The molecule has 1 saturated heterocycles. The van der Waals surface area contributed by atoms with Gasteiger partial charge in [-0.3, -0.25) is 4.90 Å². The average molecular weight is 360 g/mol. The molecule has 1 aromatic carbocycles. The lowest BCUT2D eigenvalue weighted by Gasteiger charge is -2.35. The minimum absolute atomic E-state index is 0.627. The van der Waals surface area contributed by atoms with Gasteiger partial charge in [0, 0.05) is 32.7 Å². The summed E-state index contributed by atoms with van der Waals surface area (Å²) in [5, 5.41) is 3.14. The molecule has 4 nitrogen and oxygen atoms in total. The second-order valence-electron chi connectivity index (χ2n) is 6.25. The lowest BCUT2D eigenvalue weighted by Crippen LogP contribution is -2.46. The molecule has 130 valence electrons. The number of piperazine rings is 1. The molecule has 0 spiro atoms. The first-order valence-corrected chi connectivity index (χ1v) is 9.11. The van der Waals surface area contributed by atoms with Gasteiger partial charge in [0.05, 0.1) is 5.39 Å². The van der Waals surface area contributed by atoms with Crippen LogP contribution in [0.2, 0.25) is 0 Å². The second kappa shape index (κ2) is 6.65. The number of nitrogens with zero attached hydrogens (tertiary/aromatic N) is 4. The molecule has 3 heterocycles. The van der Waals surface area contributed by atoms with Crippen molar-refractivity contribution in [1.29, 1.82) is 0 Å². The van der Waals surface area contributed by atoms with Crippen molar-refractivity contribution in [2.45, 2.75) is 13.5 Å². The summed E-state index contributed by atoms with van der Waals surface area (Å²) in [4.78, 5) is 14.7. The molecule has 25 heavy (non-hydrogen) atoms. The SMILES string of the molecule is Cc1nc(N2CCN(Cc3ccc(F)c(F)c3)CC2)c2ccsc2n1. The Kier molecular flexibility index (Phi) is 4.35. The molecule has 3 aromatic rings. The minimum Gasteiger partial charge on any atom is -0.353 e. The third-order valence-electron chi connectivity index (χ3n) is 4.48. The summed E-state index contributed by atoms with van der Waals surface area (Å²) in [6.45, 7) is 5.96. The molecule has 1 aliphatic rings. The maximum Gasteiger partial charge on any atom is 0.159 e. The third kappa shape index (κ3) is 3.34. The highest BCUT2D eigenvalue weighted by atomic mass is 32.1. The second-order valence-corrected chi connectivity index (χ2v) is 7.14. The average Bonchev–Trinajstić information content (AvgIpc) is 3.06. The molecule has 0 radical (unpaired) electrons. The molecular formula is C18H18F2N4S. The van der Waals surface area contributed by atoms with E-state index in [2.05, 4.69) is 25.8 Å². The van der Waals surface area contributed by atoms with Gasteiger partial charge < -0.3 is 4.90 Å². The predicted molar refractivity (Wildman–Crippen MR) is 96.0 cm³/mol. The Balaban J connectivity index is 1.45. The summed E-state index contributed by atoms with van der Waals surface area (Å²) in [6.07, 6.45) is 0. The fraction of sp³-hybridized carbons (Fsp3) is 0.333. The summed E-state index contributed by atoms with van der Waals surface area (Å²) in [7, 11) is 0. The molecule has 1 fully saturated rings. The van der Waals surface area contributed by atoms with Crippen LogP contribution in [0.1, 0.15) is 11.4 Å². The van der Waals surface area contributed by atoms with Gasteiger partial charge in [-0.2, -0.15) is 0 Å². The molecule has 1 aliphatic heterocycles. The van der Waals surface area contributed by atoms with Crippen LogP contribution in [0.4, 0.5) is 14.6 Å². The van der Waals surface area contributed by atoms with Crippen molar-refractivity contribution in [1.82, 2.24) is 14.9 Å². The van der Waals surface area contributed by atoms with Crippen LogP contribution in [0, 0.1) is 18.6 Å². The number of fused-ring (bicyclic) bond motifs is 1. The number of halogens is 2. The number of rotatable bonds is 3. The van der Waals surface area contributed by atoms with E-state index in [-0.39, 0.29) is 0 Å².